The minimum atomic E-state index is 0.913. The van der Waals surface area contributed by atoms with E-state index in [0.29, 0.717) is 0 Å². The maximum atomic E-state index is 5.16. The van der Waals surface area contributed by atoms with Crippen LogP contribution in [0.15, 0.2) is 0 Å². The quantitative estimate of drug-likeness (QED) is 0.680. The van der Waals surface area contributed by atoms with Crippen LogP contribution in [-0.2, 0) is 9.47 Å². The van der Waals surface area contributed by atoms with Gasteiger partial charge < -0.3 is 24.2 Å². The lowest BCUT2D eigenvalue weighted by atomic mass is 10.4. The van der Waals surface area contributed by atoms with Crippen LogP contribution in [-0.4, -0.2) is 126 Å². The fourth-order valence-corrected chi connectivity index (χ4v) is 2.48. The first-order valence-electron chi connectivity index (χ1n) is 9.05. The molecule has 138 valence electrons. The van der Waals surface area contributed by atoms with Crippen molar-refractivity contribution in [3.05, 3.63) is 0 Å². The van der Waals surface area contributed by atoms with Gasteiger partial charge in [-0.2, -0.15) is 0 Å². The van der Waals surface area contributed by atoms with Crippen LogP contribution in [0.25, 0.3) is 0 Å². The lowest BCUT2D eigenvalue weighted by molar-refractivity contribution is 0.0405. The Bertz CT molecular complexity index is 251. The number of hydrogen-bond donors (Lipinski definition) is 0. The fourth-order valence-electron chi connectivity index (χ4n) is 2.48. The molecule has 0 aromatic heterocycles. The van der Waals surface area contributed by atoms with Crippen molar-refractivity contribution in [2.75, 3.05) is 106 Å². The first kappa shape index (κ1) is 20.8. The second-order valence-corrected chi connectivity index (χ2v) is 6.57. The average molecular weight is 331 g/mol. The van der Waals surface area contributed by atoms with Gasteiger partial charge in [-0.3, -0.25) is 4.90 Å². The molecule has 3 fully saturated rings. The standard InChI is InChI=1S/C6H14N2.C6H13NO.C5H11NO/c1-7-3-5-8(2)6-4-7;1-2-7-3-5-8-6-4-7;1-6-2-4-7-5-3-6/h3-6H2,1-2H3;2-6H2,1H3;2-5H2,1H3. The summed E-state index contributed by atoms with van der Waals surface area (Å²) in [6, 6.07) is 0. The molecule has 3 rings (SSSR count). The van der Waals surface area contributed by atoms with Crippen molar-refractivity contribution in [2.45, 2.75) is 6.92 Å². The summed E-state index contributed by atoms with van der Waals surface area (Å²) in [6.45, 7) is 16.4. The highest BCUT2D eigenvalue weighted by molar-refractivity contribution is 4.64. The van der Waals surface area contributed by atoms with E-state index < -0.39 is 0 Å². The summed E-state index contributed by atoms with van der Waals surface area (Å²) in [4.78, 5) is 9.38. The van der Waals surface area contributed by atoms with Crippen LogP contribution in [0, 0.1) is 0 Å². The molecule has 6 heteroatoms. The first-order valence-corrected chi connectivity index (χ1v) is 9.05. The van der Waals surface area contributed by atoms with Gasteiger partial charge in [-0.25, -0.2) is 0 Å². The predicted molar refractivity (Wildman–Crippen MR) is 96.2 cm³/mol. The van der Waals surface area contributed by atoms with Crippen molar-refractivity contribution in [3.8, 4) is 0 Å². The van der Waals surface area contributed by atoms with Crippen LogP contribution >= 0.6 is 0 Å². The Morgan fingerprint density at radius 2 is 0.913 bits per heavy atom. The minimum absolute atomic E-state index is 0.913. The van der Waals surface area contributed by atoms with E-state index in [0.717, 1.165) is 52.6 Å². The number of rotatable bonds is 1. The first-order chi connectivity index (χ1) is 11.1. The van der Waals surface area contributed by atoms with Crippen molar-refractivity contribution in [3.63, 3.8) is 0 Å². The van der Waals surface area contributed by atoms with Gasteiger partial charge in [0.2, 0.25) is 0 Å². The van der Waals surface area contributed by atoms with E-state index in [2.05, 4.69) is 47.7 Å². The third kappa shape index (κ3) is 11.0. The summed E-state index contributed by atoms with van der Waals surface area (Å²) in [6.07, 6.45) is 0. The molecule has 0 radical (unpaired) electrons. The average Bonchev–Trinajstić information content (AvgIpc) is 2.60. The molecule has 23 heavy (non-hydrogen) atoms. The van der Waals surface area contributed by atoms with Gasteiger partial charge in [0.05, 0.1) is 26.4 Å². The lowest BCUT2D eigenvalue weighted by Crippen LogP contribution is -2.42. The number of piperazine rings is 1. The molecule has 0 aliphatic carbocycles. The van der Waals surface area contributed by atoms with E-state index in [1.54, 1.807) is 0 Å². The molecule has 0 spiro atoms. The molecule has 0 atom stereocenters. The number of ether oxygens (including phenoxy) is 2. The monoisotopic (exact) mass is 330 g/mol. The third-order valence-corrected chi connectivity index (χ3v) is 4.51. The molecule has 3 aliphatic heterocycles. The Morgan fingerprint density at radius 3 is 1.17 bits per heavy atom. The Kier molecular flexibility index (Phi) is 11.8. The minimum Gasteiger partial charge on any atom is -0.379 e. The maximum Gasteiger partial charge on any atom is 0.0594 e. The van der Waals surface area contributed by atoms with Gasteiger partial charge in [0.1, 0.15) is 0 Å². The molecule has 3 aliphatic rings. The molecular formula is C17H38N4O2. The second-order valence-electron chi connectivity index (χ2n) is 6.57. The van der Waals surface area contributed by atoms with Gasteiger partial charge in [0.25, 0.3) is 0 Å². The number of hydrogen-bond acceptors (Lipinski definition) is 6. The van der Waals surface area contributed by atoms with Crippen molar-refractivity contribution < 1.29 is 9.47 Å². The summed E-state index contributed by atoms with van der Waals surface area (Å²) in [5.74, 6) is 0. The molecule has 0 N–H and O–H groups in total. The van der Waals surface area contributed by atoms with Crippen LogP contribution in [0.4, 0.5) is 0 Å². The fraction of sp³-hybridized carbons (Fsp3) is 1.00. The largest absolute Gasteiger partial charge is 0.379 e. The predicted octanol–water partition coefficient (Wildman–Crippen LogP) is 0.151. The summed E-state index contributed by atoms with van der Waals surface area (Å²) >= 11 is 0. The summed E-state index contributed by atoms with van der Waals surface area (Å²) < 4.78 is 10.3. The van der Waals surface area contributed by atoms with E-state index >= 15 is 0 Å². The summed E-state index contributed by atoms with van der Waals surface area (Å²) in [5, 5.41) is 0. The zero-order valence-electron chi connectivity index (χ0n) is 15.8. The summed E-state index contributed by atoms with van der Waals surface area (Å²) in [5.41, 5.74) is 0. The molecule has 0 aromatic rings. The van der Waals surface area contributed by atoms with Crippen LogP contribution in [0.5, 0.6) is 0 Å². The smallest absolute Gasteiger partial charge is 0.0594 e. The SMILES string of the molecule is CCN1CCOCC1.CN1CCN(C)CC1.CN1CCOCC1. The van der Waals surface area contributed by atoms with Crippen molar-refractivity contribution in [1.82, 2.24) is 19.6 Å². The molecule has 0 bridgehead atoms. The second kappa shape index (κ2) is 13.1. The normalized spacial score (nSPS) is 25.0. The van der Waals surface area contributed by atoms with Crippen molar-refractivity contribution >= 4 is 0 Å². The van der Waals surface area contributed by atoms with E-state index in [1.807, 2.05) is 0 Å². The molecule has 3 saturated heterocycles. The molecule has 3 heterocycles. The van der Waals surface area contributed by atoms with Gasteiger partial charge in [-0.1, -0.05) is 6.92 Å². The Morgan fingerprint density at radius 1 is 0.565 bits per heavy atom. The number of likely N-dealkylation sites (N-methyl/N-ethyl adjacent to an activating group) is 4. The molecule has 0 saturated carbocycles. The van der Waals surface area contributed by atoms with Gasteiger partial charge >= 0.3 is 0 Å². The van der Waals surface area contributed by atoms with Crippen molar-refractivity contribution in [1.29, 1.82) is 0 Å². The van der Waals surface area contributed by atoms with Gasteiger partial charge in [0.15, 0.2) is 0 Å². The van der Waals surface area contributed by atoms with Gasteiger partial charge in [-0.05, 0) is 27.7 Å². The molecule has 0 amide bonds. The van der Waals surface area contributed by atoms with Crippen LogP contribution < -0.4 is 0 Å². The van der Waals surface area contributed by atoms with E-state index in [4.69, 9.17) is 9.47 Å². The van der Waals surface area contributed by atoms with E-state index in [9.17, 15) is 0 Å². The van der Waals surface area contributed by atoms with Crippen LogP contribution in [0.1, 0.15) is 6.92 Å². The van der Waals surface area contributed by atoms with Crippen molar-refractivity contribution in [2.24, 2.45) is 0 Å². The molecule has 6 nitrogen and oxygen atoms in total. The Labute approximate surface area is 143 Å². The van der Waals surface area contributed by atoms with E-state index in [1.165, 1.54) is 32.7 Å². The lowest BCUT2D eigenvalue weighted by Gasteiger charge is -2.28. The molecular weight excluding hydrogens is 292 g/mol. The van der Waals surface area contributed by atoms with Gasteiger partial charge in [0, 0.05) is 52.4 Å². The zero-order chi connectivity index (χ0) is 16.9. The number of morpholine rings is 2. The highest BCUT2D eigenvalue weighted by Crippen LogP contribution is 1.94. The van der Waals surface area contributed by atoms with E-state index in [-0.39, 0.29) is 0 Å². The van der Waals surface area contributed by atoms with Crippen LogP contribution in [0.2, 0.25) is 0 Å². The highest BCUT2D eigenvalue weighted by atomic mass is 16.5. The topological polar surface area (TPSA) is 31.4 Å². The van der Waals surface area contributed by atoms with Gasteiger partial charge in [-0.15, -0.1) is 0 Å². The third-order valence-electron chi connectivity index (χ3n) is 4.51. The maximum absolute atomic E-state index is 5.16. The summed E-state index contributed by atoms with van der Waals surface area (Å²) in [7, 11) is 6.46. The molecule has 0 aromatic carbocycles. The number of nitrogens with zero attached hydrogens (tertiary/aromatic N) is 4. The van der Waals surface area contributed by atoms with Crippen LogP contribution in [0.3, 0.4) is 0 Å². The molecule has 0 unspecified atom stereocenters. The Hall–Kier alpha value is -0.240. The zero-order valence-corrected chi connectivity index (χ0v) is 15.8. The Balaban J connectivity index is 0.000000173. The highest BCUT2D eigenvalue weighted by Gasteiger charge is 2.08.